The first-order chi connectivity index (χ1) is 27.8. The number of unbranched alkanes of at least 4 members (excludes halogenated alkanes) is 3. The lowest BCUT2D eigenvalue weighted by Crippen LogP contribution is -2.58. The van der Waals surface area contributed by atoms with Crippen molar-refractivity contribution in [2.24, 2.45) is 11.8 Å². The number of amides is 5. The molecule has 326 valence electrons. The summed E-state index contributed by atoms with van der Waals surface area (Å²) in [5.41, 5.74) is 3.90. The van der Waals surface area contributed by atoms with Crippen LogP contribution in [0.4, 0.5) is 5.13 Å². The average Bonchev–Trinajstić information content (AvgIpc) is 3.55. The van der Waals surface area contributed by atoms with Crippen LogP contribution in [0.5, 0.6) is 0 Å². The zero-order valence-corrected chi connectivity index (χ0v) is 39.6. The fourth-order valence-corrected chi connectivity index (χ4v) is 9.29. The maximum Gasteiger partial charge on any atom is 0.285 e. The number of aromatic nitrogens is 1. The summed E-state index contributed by atoms with van der Waals surface area (Å²) < 4.78 is 0. The van der Waals surface area contributed by atoms with Gasteiger partial charge in [0.05, 0.1) is 10.6 Å². The van der Waals surface area contributed by atoms with Gasteiger partial charge in [-0.2, -0.15) is 5.01 Å². The summed E-state index contributed by atoms with van der Waals surface area (Å²) in [6, 6.07) is 4.28. The second-order valence-corrected chi connectivity index (χ2v) is 18.5. The SMILES string of the molecule is CCCCC(CC)CN(CC(CC)CCCC)c1nc(-c2c(C)cc(C)cc2C)c(/C=C2\C(=O)N(N(CCCC)C(C)=O)C(=O)C(C(=O)N(C(C)=O)C(C)(C)C)=C2C)s1. The molecule has 0 bridgehead atoms. The number of aryl methyl sites for hydroxylation is 3. The van der Waals surface area contributed by atoms with Gasteiger partial charge in [0.1, 0.15) is 5.57 Å². The molecule has 11 heteroatoms. The van der Waals surface area contributed by atoms with Crippen molar-refractivity contribution in [3.8, 4) is 11.3 Å². The number of rotatable bonds is 20. The number of thiazole rings is 1. The molecule has 3 rings (SSSR count). The number of hydrogen-bond acceptors (Lipinski definition) is 8. The molecule has 2 unspecified atom stereocenters. The minimum absolute atomic E-state index is 0.0993. The zero-order valence-electron chi connectivity index (χ0n) is 38.8. The van der Waals surface area contributed by atoms with Gasteiger partial charge >= 0.3 is 0 Å². The fourth-order valence-electron chi connectivity index (χ4n) is 8.25. The van der Waals surface area contributed by atoms with Crippen LogP contribution in [0.1, 0.15) is 162 Å². The largest absolute Gasteiger partial charge is 0.348 e. The minimum atomic E-state index is -0.972. The third-order valence-electron chi connectivity index (χ3n) is 11.5. The number of carbonyl (C=O) groups is 5. The maximum absolute atomic E-state index is 14.9. The van der Waals surface area contributed by atoms with E-state index in [1.54, 1.807) is 33.8 Å². The number of benzene rings is 1. The van der Waals surface area contributed by atoms with Crippen LogP contribution < -0.4 is 4.90 Å². The van der Waals surface area contributed by atoms with Crippen molar-refractivity contribution in [3.05, 3.63) is 50.4 Å². The summed E-state index contributed by atoms with van der Waals surface area (Å²) in [7, 11) is 0. The van der Waals surface area contributed by atoms with E-state index in [4.69, 9.17) is 4.98 Å². The van der Waals surface area contributed by atoms with Gasteiger partial charge in [-0.25, -0.2) is 9.99 Å². The van der Waals surface area contributed by atoms with E-state index in [2.05, 4.69) is 65.5 Å². The van der Waals surface area contributed by atoms with Crippen LogP contribution in [-0.4, -0.2) is 74.6 Å². The Kier molecular flexibility index (Phi) is 18.3. The molecular weight excluding hydrogens is 759 g/mol. The van der Waals surface area contributed by atoms with E-state index in [1.807, 2.05) is 6.92 Å². The van der Waals surface area contributed by atoms with Crippen LogP contribution in [0.15, 0.2) is 28.9 Å². The van der Waals surface area contributed by atoms with E-state index in [1.165, 1.54) is 25.2 Å². The molecule has 59 heavy (non-hydrogen) atoms. The summed E-state index contributed by atoms with van der Waals surface area (Å²) in [4.78, 5) is 79.9. The summed E-state index contributed by atoms with van der Waals surface area (Å²) in [5.74, 6) is -2.50. The van der Waals surface area contributed by atoms with E-state index in [-0.39, 0.29) is 23.3 Å². The van der Waals surface area contributed by atoms with Crippen molar-refractivity contribution >= 4 is 52.1 Å². The van der Waals surface area contributed by atoms with Gasteiger partial charge in [-0.1, -0.05) is 109 Å². The van der Waals surface area contributed by atoms with E-state index in [0.29, 0.717) is 29.6 Å². The quantitative estimate of drug-likeness (QED) is 0.0742. The van der Waals surface area contributed by atoms with Crippen LogP contribution in [0.25, 0.3) is 17.3 Å². The molecule has 0 spiro atoms. The van der Waals surface area contributed by atoms with E-state index in [0.717, 1.165) is 112 Å². The Bertz CT molecular complexity index is 1860. The van der Waals surface area contributed by atoms with Crippen molar-refractivity contribution in [2.75, 3.05) is 24.5 Å². The first kappa shape index (κ1) is 49.2. The predicted molar refractivity (Wildman–Crippen MR) is 243 cm³/mol. The van der Waals surface area contributed by atoms with Gasteiger partial charge in [-0.05, 0) is 102 Å². The molecule has 0 aliphatic carbocycles. The highest BCUT2D eigenvalue weighted by atomic mass is 32.1. The molecule has 1 aliphatic rings. The molecule has 2 atom stereocenters. The molecule has 1 aromatic carbocycles. The third kappa shape index (κ3) is 12.0. The summed E-state index contributed by atoms with van der Waals surface area (Å²) in [6.45, 7) is 28.4. The molecular formula is C48H73N5O5S. The molecule has 10 nitrogen and oxygen atoms in total. The Hall–Kier alpha value is -4.12. The molecule has 2 aromatic rings. The van der Waals surface area contributed by atoms with Gasteiger partial charge in [0.2, 0.25) is 11.8 Å². The Morgan fingerprint density at radius 1 is 0.797 bits per heavy atom. The molecule has 2 heterocycles. The number of imide groups is 2. The topological polar surface area (TPSA) is 111 Å². The normalized spacial score (nSPS) is 15.2. The summed E-state index contributed by atoms with van der Waals surface area (Å²) in [5, 5.41) is 2.82. The van der Waals surface area contributed by atoms with Gasteiger partial charge in [-0.3, -0.25) is 28.9 Å². The number of anilines is 1. The Labute approximate surface area is 359 Å². The lowest BCUT2D eigenvalue weighted by atomic mass is 9.91. The van der Waals surface area contributed by atoms with Crippen molar-refractivity contribution in [3.63, 3.8) is 0 Å². The Balaban J connectivity index is 2.49. The van der Waals surface area contributed by atoms with Crippen LogP contribution in [0.2, 0.25) is 0 Å². The molecule has 0 saturated heterocycles. The van der Waals surface area contributed by atoms with Crippen molar-refractivity contribution in [2.45, 2.75) is 167 Å². The lowest BCUT2D eigenvalue weighted by Gasteiger charge is -2.39. The highest BCUT2D eigenvalue weighted by Gasteiger charge is 2.46. The summed E-state index contributed by atoms with van der Waals surface area (Å²) in [6.07, 6.45) is 12.0. The molecule has 1 aliphatic heterocycles. The van der Waals surface area contributed by atoms with Crippen LogP contribution >= 0.6 is 11.3 Å². The molecule has 0 N–H and O–H groups in total. The highest BCUT2D eigenvalue weighted by molar-refractivity contribution is 7.17. The second kappa shape index (κ2) is 21.9. The monoisotopic (exact) mass is 832 g/mol. The average molecular weight is 832 g/mol. The molecule has 0 saturated carbocycles. The van der Waals surface area contributed by atoms with Crippen molar-refractivity contribution < 1.29 is 24.0 Å². The predicted octanol–water partition coefficient (Wildman–Crippen LogP) is 10.8. The first-order valence-corrected chi connectivity index (χ1v) is 22.9. The van der Waals surface area contributed by atoms with E-state index >= 15 is 0 Å². The van der Waals surface area contributed by atoms with Gasteiger partial charge in [0, 0.05) is 50.2 Å². The van der Waals surface area contributed by atoms with Gasteiger partial charge in [0.15, 0.2) is 5.13 Å². The van der Waals surface area contributed by atoms with Crippen molar-refractivity contribution in [1.82, 2.24) is 19.9 Å². The lowest BCUT2D eigenvalue weighted by molar-refractivity contribution is -0.170. The van der Waals surface area contributed by atoms with Crippen molar-refractivity contribution in [1.29, 1.82) is 0 Å². The minimum Gasteiger partial charge on any atom is -0.348 e. The van der Waals surface area contributed by atoms with Crippen LogP contribution in [0, 0.1) is 32.6 Å². The highest BCUT2D eigenvalue weighted by Crippen LogP contribution is 2.41. The zero-order chi connectivity index (χ0) is 44.4. The first-order valence-electron chi connectivity index (χ1n) is 22.1. The molecule has 0 radical (unpaired) electrons. The Morgan fingerprint density at radius 3 is 1.76 bits per heavy atom. The van der Waals surface area contributed by atoms with Crippen LogP contribution in [-0.2, 0) is 24.0 Å². The van der Waals surface area contributed by atoms with E-state index in [9.17, 15) is 24.0 Å². The second-order valence-electron chi connectivity index (χ2n) is 17.5. The molecule has 0 fully saturated rings. The Morgan fingerprint density at radius 2 is 1.32 bits per heavy atom. The number of nitrogens with zero attached hydrogens (tertiary/aromatic N) is 5. The smallest absolute Gasteiger partial charge is 0.285 e. The molecule has 5 amide bonds. The van der Waals surface area contributed by atoms with E-state index < -0.39 is 35.1 Å². The summed E-state index contributed by atoms with van der Waals surface area (Å²) >= 11 is 1.52. The molecule has 1 aromatic heterocycles. The maximum atomic E-state index is 14.9. The number of carbonyl (C=O) groups excluding carboxylic acids is 5. The van der Waals surface area contributed by atoms with Crippen LogP contribution in [0.3, 0.4) is 0 Å². The fraction of sp³-hybridized carbons (Fsp3) is 0.625. The van der Waals surface area contributed by atoms with Gasteiger partial charge < -0.3 is 4.90 Å². The number of hydrazine groups is 1. The van der Waals surface area contributed by atoms with Gasteiger partial charge in [-0.15, -0.1) is 0 Å². The van der Waals surface area contributed by atoms with Gasteiger partial charge in [0.25, 0.3) is 17.7 Å². The standard InChI is InChI=1S/C48H73N5O5S/c1-15-20-23-37(18-4)29-50(30-38(19-5)24-21-16-2)47-49-43(41-32(7)26-31(6)27-33(41)8)40(59-47)28-39-34(9)42(45(57)52(36(11)55)48(12,13)14)46(58)53(44(39)56)51(35(10)54)25-22-17-3/h26-28,37-38H,15-25,29-30H2,1-14H3/b39-28-. The third-order valence-corrected chi connectivity index (χ3v) is 12.5. The number of hydrogen-bond donors (Lipinski definition) is 0.